The number of nitrogens with zero attached hydrogens (tertiary/aromatic N) is 3. The van der Waals surface area contributed by atoms with Gasteiger partial charge in [0, 0.05) is 24.3 Å². The van der Waals surface area contributed by atoms with E-state index in [9.17, 15) is 20.3 Å². The predicted molar refractivity (Wildman–Crippen MR) is 115 cm³/mol. The fourth-order valence-electron chi connectivity index (χ4n) is 3.41. The van der Waals surface area contributed by atoms with Gasteiger partial charge in [-0.15, -0.1) is 0 Å². The van der Waals surface area contributed by atoms with Crippen LogP contribution in [0.15, 0.2) is 42.6 Å². The summed E-state index contributed by atoms with van der Waals surface area (Å²) in [4.78, 5) is 13.5. The summed E-state index contributed by atoms with van der Waals surface area (Å²) >= 11 is 0. The Morgan fingerprint density at radius 2 is 1.87 bits per heavy atom. The van der Waals surface area contributed by atoms with Crippen molar-refractivity contribution in [2.45, 2.75) is 6.54 Å². The molecule has 0 amide bonds. The van der Waals surface area contributed by atoms with Crippen LogP contribution in [0, 0.1) is 10.1 Å². The molecule has 2 aromatic carbocycles. The van der Waals surface area contributed by atoms with Gasteiger partial charge in [0.25, 0.3) is 0 Å². The molecule has 0 saturated carbocycles. The molecule has 0 fully saturated rings. The second-order valence-corrected chi connectivity index (χ2v) is 7.05. The van der Waals surface area contributed by atoms with Crippen LogP contribution in [0.4, 0.5) is 5.69 Å². The molecule has 1 aromatic heterocycles. The first-order chi connectivity index (χ1) is 14.3. The predicted octanol–water partition coefficient (Wildman–Crippen LogP) is 2.56. The van der Waals surface area contributed by atoms with Crippen molar-refractivity contribution in [1.82, 2.24) is 14.8 Å². The molecule has 4 N–H and O–H groups in total. The van der Waals surface area contributed by atoms with Crippen LogP contribution in [-0.4, -0.2) is 57.0 Å². The monoisotopic (exact) mass is 412 g/mol. The van der Waals surface area contributed by atoms with E-state index in [2.05, 4.69) is 5.32 Å². The smallest absolute Gasteiger partial charge is 0.302 e. The SMILES string of the molecule is CN(C)Cc1c(O)ccc2c([N+](=O)[O-])c(C=CNCCO)n(-c3ccc(O)cc3)c12. The molecule has 0 atom stereocenters. The van der Waals surface area contributed by atoms with Gasteiger partial charge in [-0.1, -0.05) is 0 Å². The Balaban J connectivity index is 2.41. The molecule has 0 spiro atoms. The van der Waals surface area contributed by atoms with E-state index in [-0.39, 0.29) is 23.8 Å². The van der Waals surface area contributed by atoms with E-state index in [4.69, 9.17) is 5.11 Å². The lowest BCUT2D eigenvalue weighted by molar-refractivity contribution is -0.383. The summed E-state index contributed by atoms with van der Waals surface area (Å²) in [5.74, 6) is 0.111. The second-order valence-electron chi connectivity index (χ2n) is 7.05. The van der Waals surface area contributed by atoms with Crippen LogP contribution in [0.2, 0.25) is 0 Å². The van der Waals surface area contributed by atoms with Gasteiger partial charge in [0.1, 0.15) is 17.2 Å². The van der Waals surface area contributed by atoms with Crippen molar-refractivity contribution < 1.29 is 20.2 Å². The highest BCUT2D eigenvalue weighted by Gasteiger charge is 2.28. The fourth-order valence-corrected chi connectivity index (χ4v) is 3.41. The van der Waals surface area contributed by atoms with E-state index in [0.717, 1.165) is 0 Å². The van der Waals surface area contributed by atoms with Crippen LogP contribution in [0.3, 0.4) is 0 Å². The third-order valence-corrected chi connectivity index (χ3v) is 4.60. The maximum Gasteiger partial charge on any atom is 0.302 e. The Morgan fingerprint density at radius 3 is 2.47 bits per heavy atom. The summed E-state index contributed by atoms with van der Waals surface area (Å²) in [6, 6.07) is 9.31. The maximum atomic E-state index is 12.0. The largest absolute Gasteiger partial charge is 0.508 e. The highest BCUT2D eigenvalue weighted by molar-refractivity contribution is 5.99. The quantitative estimate of drug-likeness (QED) is 0.255. The third-order valence-electron chi connectivity index (χ3n) is 4.60. The van der Waals surface area contributed by atoms with Gasteiger partial charge < -0.3 is 30.1 Å². The second kappa shape index (κ2) is 8.85. The van der Waals surface area contributed by atoms with E-state index in [1.807, 2.05) is 19.0 Å². The van der Waals surface area contributed by atoms with Crippen molar-refractivity contribution in [3.05, 3.63) is 64.0 Å². The number of nitrogens with one attached hydrogen (secondary N) is 1. The molecular weight excluding hydrogens is 388 g/mol. The molecule has 9 nitrogen and oxygen atoms in total. The number of nitro groups is 1. The molecule has 0 radical (unpaired) electrons. The van der Waals surface area contributed by atoms with Gasteiger partial charge in [0.05, 0.1) is 22.4 Å². The lowest BCUT2D eigenvalue weighted by Gasteiger charge is -2.15. The Morgan fingerprint density at radius 1 is 1.17 bits per heavy atom. The van der Waals surface area contributed by atoms with E-state index >= 15 is 0 Å². The molecule has 3 aromatic rings. The minimum absolute atomic E-state index is 0.0394. The van der Waals surface area contributed by atoms with Gasteiger partial charge in [-0.3, -0.25) is 10.1 Å². The first kappa shape index (κ1) is 21.2. The zero-order valence-corrected chi connectivity index (χ0v) is 16.7. The summed E-state index contributed by atoms with van der Waals surface area (Å²) in [5.41, 5.74) is 1.87. The number of aliphatic hydroxyl groups is 1. The number of hydrogen-bond acceptors (Lipinski definition) is 7. The number of aromatic hydroxyl groups is 2. The summed E-state index contributed by atoms with van der Waals surface area (Å²) in [6.45, 7) is 0.596. The highest BCUT2D eigenvalue weighted by atomic mass is 16.6. The van der Waals surface area contributed by atoms with Gasteiger partial charge in [-0.2, -0.15) is 0 Å². The molecular formula is C21H24N4O5. The molecule has 9 heteroatoms. The Kier molecular flexibility index (Phi) is 6.24. The van der Waals surface area contributed by atoms with E-state index in [0.29, 0.717) is 40.9 Å². The summed E-state index contributed by atoms with van der Waals surface area (Å²) in [5, 5.41) is 44.5. The van der Waals surface area contributed by atoms with Crippen LogP contribution in [-0.2, 0) is 6.54 Å². The van der Waals surface area contributed by atoms with Crippen LogP contribution >= 0.6 is 0 Å². The van der Waals surface area contributed by atoms with Gasteiger partial charge in [0.15, 0.2) is 0 Å². The van der Waals surface area contributed by atoms with Crippen molar-refractivity contribution in [3.63, 3.8) is 0 Å². The third kappa shape index (κ3) is 4.07. The molecule has 158 valence electrons. The van der Waals surface area contributed by atoms with Crippen molar-refractivity contribution in [2.75, 3.05) is 27.2 Å². The summed E-state index contributed by atoms with van der Waals surface area (Å²) in [6.07, 6.45) is 3.11. The average molecular weight is 412 g/mol. The van der Waals surface area contributed by atoms with Crippen molar-refractivity contribution >= 4 is 22.7 Å². The number of phenols is 2. The molecule has 3 rings (SSSR count). The molecule has 0 bridgehead atoms. The maximum absolute atomic E-state index is 12.0. The first-order valence-corrected chi connectivity index (χ1v) is 9.33. The summed E-state index contributed by atoms with van der Waals surface area (Å²) in [7, 11) is 3.69. The lowest BCUT2D eigenvalue weighted by atomic mass is 10.1. The number of phenolic OH excluding ortho intramolecular Hbond substituents is 2. The lowest BCUT2D eigenvalue weighted by Crippen LogP contribution is -2.12. The van der Waals surface area contributed by atoms with Crippen molar-refractivity contribution in [3.8, 4) is 17.2 Å². The topological polar surface area (TPSA) is 124 Å². The molecule has 0 aliphatic carbocycles. The van der Waals surface area contributed by atoms with E-state index in [1.165, 1.54) is 24.3 Å². The number of fused-ring (bicyclic) bond motifs is 1. The van der Waals surface area contributed by atoms with E-state index in [1.54, 1.807) is 29.0 Å². The van der Waals surface area contributed by atoms with Gasteiger partial charge in [0.2, 0.25) is 0 Å². The number of hydrogen-bond donors (Lipinski definition) is 4. The Hall–Kier alpha value is -3.56. The minimum Gasteiger partial charge on any atom is -0.508 e. The Labute approximate surface area is 173 Å². The van der Waals surface area contributed by atoms with Gasteiger partial charge >= 0.3 is 5.69 Å². The van der Waals surface area contributed by atoms with Gasteiger partial charge in [-0.05, 0) is 62.8 Å². The van der Waals surface area contributed by atoms with Gasteiger partial charge in [-0.25, -0.2) is 0 Å². The van der Waals surface area contributed by atoms with Crippen LogP contribution in [0.25, 0.3) is 22.7 Å². The zero-order chi connectivity index (χ0) is 21.8. The van der Waals surface area contributed by atoms with Crippen molar-refractivity contribution in [1.29, 1.82) is 0 Å². The number of rotatable bonds is 8. The fraction of sp³-hybridized carbons (Fsp3) is 0.238. The number of aliphatic hydroxyl groups excluding tert-OH is 1. The Bertz CT molecular complexity index is 1090. The molecule has 1 heterocycles. The van der Waals surface area contributed by atoms with Crippen molar-refractivity contribution in [2.24, 2.45) is 0 Å². The van der Waals surface area contributed by atoms with Crippen LogP contribution < -0.4 is 5.32 Å². The van der Waals surface area contributed by atoms with Crippen LogP contribution in [0.1, 0.15) is 11.3 Å². The molecule has 0 aliphatic heterocycles. The van der Waals surface area contributed by atoms with E-state index < -0.39 is 4.92 Å². The zero-order valence-electron chi connectivity index (χ0n) is 16.7. The highest BCUT2D eigenvalue weighted by Crippen LogP contribution is 2.41. The molecule has 0 unspecified atom stereocenters. The van der Waals surface area contributed by atoms with Crippen LogP contribution in [0.5, 0.6) is 11.5 Å². The number of benzene rings is 2. The average Bonchev–Trinajstić information content (AvgIpc) is 3.02. The minimum atomic E-state index is -0.443. The first-order valence-electron chi connectivity index (χ1n) is 9.33. The molecule has 30 heavy (non-hydrogen) atoms. The standard InChI is InChI=1S/C21H24N4O5/c1-23(2)13-17-19(28)8-7-16-20(17)24(14-3-5-15(27)6-4-14)18(21(16)25(29)30)9-10-22-11-12-26/h3-10,22,26-28H,11-13H2,1-2H3. The molecule has 0 saturated heterocycles. The summed E-state index contributed by atoms with van der Waals surface area (Å²) < 4.78 is 1.70. The molecule has 0 aliphatic rings. The number of aromatic nitrogens is 1. The normalized spacial score (nSPS) is 11.6.